The second kappa shape index (κ2) is 7.70. The molecule has 0 saturated carbocycles. The van der Waals surface area contributed by atoms with Crippen LogP contribution in [0.15, 0.2) is 21.3 Å². The highest BCUT2D eigenvalue weighted by atomic mass is 32.1. The van der Waals surface area contributed by atoms with E-state index in [4.69, 9.17) is 9.26 Å². The summed E-state index contributed by atoms with van der Waals surface area (Å²) in [5.41, 5.74) is 0.988. The average Bonchev–Trinajstić information content (AvgIpc) is 3.24. The monoisotopic (exact) mass is 335 g/mol. The van der Waals surface area contributed by atoms with Crippen LogP contribution < -0.4 is 0 Å². The first-order chi connectivity index (χ1) is 11.3. The Morgan fingerprint density at radius 1 is 1.57 bits per heavy atom. The molecule has 1 atom stereocenters. The number of amides is 1. The number of carbonyl (C=O) groups excluding carboxylic acids is 1. The van der Waals surface area contributed by atoms with Gasteiger partial charge in [-0.05, 0) is 37.1 Å². The van der Waals surface area contributed by atoms with E-state index in [1.54, 1.807) is 11.3 Å². The second-order valence-corrected chi connectivity index (χ2v) is 6.49. The zero-order valence-electron chi connectivity index (χ0n) is 13.2. The molecule has 124 valence electrons. The van der Waals surface area contributed by atoms with Gasteiger partial charge in [0.05, 0.1) is 0 Å². The van der Waals surface area contributed by atoms with E-state index in [0.717, 1.165) is 37.9 Å². The van der Waals surface area contributed by atoms with Gasteiger partial charge in [-0.2, -0.15) is 16.3 Å². The maximum atomic E-state index is 12.1. The van der Waals surface area contributed by atoms with Crippen LogP contribution in [0.5, 0.6) is 0 Å². The highest BCUT2D eigenvalue weighted by Gasteiger charge is 2.25. The number of ether oxygens (including phenoxy) is 1. The molecule has 1 aliphatic rings. The van der Waals surface area contributed by atoms with E-state index in [1.807, 2.05) is 28.7 Å². The highest BCUT2D eigenvalue weighted by molar-refractivity contribution is 7.08. The molecule has 3 heterocycles. The van der Waals surface area contributed by atoms with E-state index < -0.39 is 0 Å². The van der Waals surface area contributed by atoms with Crippen molar-refractivity contribution >= 4 is 17.2 Å². The second-order valence-electron chi connectivity index (χ2n) is 5.71. The van der Waals surface area contributed by atoms with E-state index in [9.17, 15) is 4.79 Å². The predicted octanol–water partition coefficient (Wildman–Crippen LogP) is 2.62. The van der Waals surface area contributed by atoms with Crippen LogP contribution in [0.3, 0.4) is 0 Å². The number of aromatic nitrogens is 2. The summed E-state index contributed by atoms with van der Waals surface area (Å²) in [6.07, 6.45) is 2.80. The SMILES string of the molecule is CCOCC(=O)N1CCC[C@@H](Cc2nc(-c3ccsc3)no2)C1. The smallest absolute Gasteiger partial charge is 0.248 e. The molecular weight excluding hydrogens is 314 g/mol. The van der Waals surface area contributed by atoms with Crippen LogP contribution in [0, 0.1) is 5.92 Å². The topological polar surface area (TPSA) is 68.5 Å². The standard InChI is InChI=1S/C16H21N3O3S/c1-2-21-10-15(20)19-6-3-4-12(9-19)8-14-17-16(18-22-14)13-5-7-23-11-13/h5,7,11-12H,2-4,6,8-10H2,1H3/t12-/m0/s1. The van der Waals surface area contributed by atoms with Gasteiger partial charge in [0.1, 0.15) is 6.61 Å². The first-order valence-electron chi connectivity index (χ1n) is 7.97. The molecule has 2 aromatic heterocycles. The summed E-state index contributed by atoms with van der Waals surface area (Å²) in [7, 11) is 0. The number of hydrogen-bond donors (Lipinski definition) is 0. The Morgan fingerprint density at radius 2 is 2.48 bits per heavy atom. The molecule has 6 nitrogen and oxygen atoms in total. The van der Waals surface area contributed by atoms with Crippen LogP contribution in [0.2, 0.25) is 0 Å². The van der Waals surface area contributed by atoms with Crippen LogP contribution >= 0.6 is 11.3 Å². The molecule has 1 fully saturated rings. The van der Waals surface area contributed by atoms with Crippen molar-refractivity contribution in [3.05, 3.63) is 22.7 Å². The summed E-state index contributed by atoms with van der Waals surface area (Å²) in [5, 5.41) is 8.04. The Labute approximate surface area is 139 Å². The summed E-state index contributed by atoms with van der Waals surface area (Å²) in [6, 6.07) is 1.98. The van der Waals surface area contributed by atoms with Crippen molar-refractivity contribution in [2.24, 2.45) is 5.92 Å². The lowest BCUT2D eigenvalue weighted by Crippen LogP contribution is -2.42. The van der Waals surface area contributed by atoms with E-state index in [2.05, 4.69) is 10.1 Å². The van der Waals surface area contributed by atoms with Gasteiger partial charge in [0.25, 0.3) is 0 Å². The summed E-state index contributed by atoms with van der Waals surface area (Å²) in [4.78, 5) is 18.4. The molecule has 1 aliphatic heterocycles. The van der Waals surface area contributed by atoms with E-state index in [-0.39, 0.29) is 12.5 Å². The largest absolute Gasteiger partial charge is 0.372 e. The number of hydrogen-bond acceptors (Lipinski definition) is 6. The van der Waals surface area contributed by atoms with E-state index in [1.165, 1.54) is 0 Å². The lowest BCUT2D eigenvalue weighted by atomic mass is 9.95. The molecule has 0 aliphatic carbocycles. The lowest BCUT2D eigenvalue weighted by molar-refractivity contribution is -0.137. The molecule has 0 bridgehead atoms. The zero-order valence-corrected chi connectivity index (χ0v) is 14.1. The van der Waals surface area contributed by atoms with Crippen LogP contribution in [-0.2, 0) is 16.0 Å². The Kier molecular flexibility index (Phi) is 5.40. The normalized spacial score (nSPS) is 18.3. The Morgan fingerprint density at radius 3 is 3.26 bits per heavy atom. The first-order valence-corrected chi connectivity index (χ1v) is 8.91. The van der Waals surface area contributed by atoms with Crippen molar-refractivity contribution in [2.45, 2.75) is 26.2 Å². The van der Waals surface area contributed by atoms with Crippen molar-refractivity contribution in [2.75, 3.05) is 26.3 Å². The molecule has 0 radical (unpaired) electrons. The minimum Gasteiger partial charge on any atom is -0.372 e. The molecule has 1 amide bonds. The number of piperidine rings is 1. The van der Waals surface area contributed by atoms with Crippen molar-refractivity contribution in [1.29, 1.82) is 0 Å². The van der Waals surface area contributed by atoms with Gasteiger partial charge in [0.15, 0.2) is 0 Å². The predicted molar refractivity (Wildman–Crippen MR) is 87.1 cm³/mol. The third kappa shape index (κ3) is 4.17. The Bertz CT molecular complexity index is 626. The van der Waals surface area contributed by atoms with Crippen molar-refractivity contribution < 1.29 is 14.1 Å². The molecule has 7 heteroatoms. The van der Waals surface area contributed by atoms with E-state index in [0.29, 0.717) is 24.2 Å². The number of nitrogens with zero attached hydrogens (tertiary/aromatic N) is 3. The average molecular weight is 335 g/mol. The van der Waals surface area contributed by atoms with E-state index >= 15 is 0 Å². The number of likely N-dealkylation sites (tertiary alicyclic amines) is 1. The van der Waals surface area contributed by atoms with Crippen molar-refractivity contribution in [3.63, 3.8) is 0 Å². The summed E-state index contributed by atoms with van der Waals surface area (Å²) in [5.74, 6) is 1.72. The zero-order chi connectivity index (χ0) is 16.1. The third-order valence-corrected chi connectivity index (χ3v) is 4.70. The Hall–Kier alpha value is -1.73. The summed E-state index contributed by atoms with van der Waals surface area (Å²) in [6.45, 7) is 4.18. The molecular formula is C16H21N3O3S. The highest BCUT2D eigenvalue weighted by Crippen LogP contribution is 2.23. The fourth-order valence-corrected chi connectivity index (χ4v) is 3.47. The molecule has 3 rings (SSSR count). The van der Waals surface area contributed by atoms with Crippen LogP contribution in [-0.4, -0.2) is 47.3 Å². The van der Waals surface area contributed by atoms with Gasteiger partial charge < -0.3 is 14.2 Å². The maximum absolute atomic E-state index is 12.1. The third-order valence-electron chi connectivity index (χ3n) is 4.01. The van der Waals surface area contributed by atoms with Gasteiger partial charge in [-0.3, -0.25) is 4.79 Å². The quantitative estimate of drug-likeness (QED) is 0.812. The molecule has 0 unspecified atom stereocenters. The van der Waals surface area contributed by atoms with Crippen LogP contribution in [0.25, 0.3) is 11.4 Å². The van der Waals surface area contributed by atoms with Gasteiger partial charge in [-0.15, -0.1) is 0 Å². The minimum atomic E-state index is 0.0704. The van der Waals surface area contributed by atoms with Crippen LogP contribution in [0.1, 0.15) is 25.7 Å². The summed E-state index contributed by atoms with van der Waals surface area (Å²) < 4.78 is 10.6. The van der Waals surface area contributed by atoms with Crippen LogP contribution in [0.4, 0.5) is 0 Å². The molecule has 0 N–H and O–H groups in total. The van der Waals surface area contributed by atoms with Gasteiger partial charge in [0.2, 0.25) is 17.6 Å². The van der Waals surface area contributed by atoms with Gasteiger partial charge in [-0.25, -0.2) is 0 Å². The molecule has 2 aromatic rings. The fraction of sp³-hybridized carbons (Fsp3) is 0.562. The lowest BCUT2D eigenvalue weighted by Gasteiger charge is -2.32. The molecule has 1 saturated heterocycles. The van der Waals surface area contributed by atoms with Gasteiger partial charge in [-0.1, -0.05) is 5.16 Å². The number of rotatable bonds is 6. The van der Waals surface area contributed by atoms with Gasteiger partial charge in [0, 0.05) is 37.1 Å². The maximum Gasteiger partial charge on any atom is 0.248 e. The number of carbonyl (C=O) groups is 1. The van der Waals surface area contributed by atoms with Gasteiger partial charge >= 0.3 is 0 Å². The molecule has 0 spiro atoms. The van der Waals surface area contributed by atoms with Crippen molar-refractivity contribution in [3.8, 4) is 11.4 Å². The summed E-state index contributed by atoms with van der Waals surface area (Å²) >= 11 is 1.61. The molecule has 23 heavy (non-hydrogen) atoms. The fourth-order valence-electron chi connectivity index (χ4n) is 2.83. The Balaban J connectivity index is 1.56. The van der Waals surface area contributed by atoms with Crippen molar-refractivity contribution in [1.82, 2.24) is 15.0 Å². The minimum absolute atomic E-state index is 0.0704. The number of thiophene rings is 1. The first kappa shape index (κ1) is 16.1. The molecule has 0 aromatic carbocycles.